The fraction of sp³-hybridized carbons (Fsp3) is 0.325. The number of hydrogen-bond donors (Lipinski definition) is 1. The van der Waals surface area contributed by atoms with Crippen LogP contribution in [0.3, 0.4) is 0 Å². The Hall–Kier alpha value is -3.85. The van der Waals surface area contributed by atoms with Crippen molar-refractivity contribution in [2.45, 2.75) is 77.0 Å². The molecule has 4 aromatic rings. The Morgan fingerprint density at radius 3 is 1.37 bits per heavy atom. The summed E-state index contributed by atoms with van der Waals surface area (Å²) in [6, 6.07) is 43.5. The largest absolute Gasteiger partial charge is 0.310 e. The summed E-state index contributed by atoms with van der Waals surface area (Å²) in [6.07, 6.45) is 17.2. The highest BCUT2D eigenvalue weighted by atomic mass is 15.3. The molecular formula is C40H48BN2-. The third kappa shape index (κ3) is 8.17. The van der Waals surface area contributed by atoms with E-state index in [1.807, 2.05) is 0 Å². The molecule has 3 heteroatoms. The number of benzene rings is 4. The molecule has 1 aliphatic heterocycles. The van der Waals surface area contributed by atoms with Gasteiger partial charge in [-0.2, -0.15) is 27.0 Å². The molecule has 2 aliphatic rings. The first kappa shape index (κ1) is 30.6. The van der Waals surface area contributed by atoms with Crippen LogP contribution in [0.25, 0.3) is 0 Å². The molecule has 1 N–H and O–H groups in total. The van der Waals surface area contributed by atoms with Gasteiger partial charge in [-0.3, -0.25) is 0 Å². The minimum absolute atomic E-state index is 1.05. The number of hydrazone groups is 1. The van der Waals surface area contributed by atoms with Gasteiger partial charge < -0.3 is 5.43 Å². The molecule has 0 fully saturated rings. The monoisotopic (exact) mass is 567 g/mol. The van der Waals surface area contributed by atoms with E-state index in [0.717, 1.165) is 6.54 Å². The molecular weight excluding hydrogens is 519 g/mol. The Labute approximate surface area is 260 Å². The van der Waals surface area contributed by atoms with Gasteiger partial charge in [0.25, 0.3) is 0 Å². The van der Waals surface area contributed by atoms with E-state index in [-0.39, 0.29) is 0 Å². The first-order valence-corrected chi connectivity index (χ1v) is 16.8. The maximum atomic E-state index is 4.67. The zero-order valence-electron chi connectivity index (χ0n) is 25.8. The predicted molar refractivity (Wildman–Crippen MR) is 189 cm³/mol. The molecule has 0 spiro atoms. The van der Waals surface area contributed by atoms with Crippen molar-refractivity contribution in [1.29, 1.82) is 0 Å². The Balaban J connectivity index is 0.000000181. The maximum absolute atomic E-state index is 4.67. The van der Waals surface area contributed by atoms with Crippen LogP contribution >= 0.6 is 0 Å². The highest BCUT2D eigenvalue weighted by molar-refractivity contribution is 7.19. The molecule has 0 bridgehead atoms. The van der Waals surface area contributed by atoms with Crippen molar-refractivity contribution in [2.75, 3.05) is 6.54 Å². The van der Waals surface area contributed by atoms with E-state index in [1.165, 1.54) is 105 Å². The van der Waals surface area contributed by atoms with Crippen LogP contribution in [-0.4, -0.2) is 18.4 Å². The van der Waals surface area contributed by atoms with Crippen LogP contribution in [0.1, 0.15) is 77.0 Å². The number of nitrogens with one attached hydrogen (secondary N) is 1. The summed E-state index contributed by atoms with van der Waals surface area (Å²) < 4.78 is 0. The topological polar surface area (TPSA) is 24.4 Å². The van der Waals surface area contributed by atoms with E-state index >= 15 is 0 Å². The van der Waals surface area contributed by atoms with Crippen LogP contribution in [0.4, 0.5) is 0 Å². The Morgan fingerprint density at radius 2 is 0.860 bits per heavy atom. The van der Waals surface area contributed by atoms with Gasteiger partial charge >= 0.3 is 0 Å². The molecule has 0 amide bonds. The quantitative estimate of drug-likeness (QED) is 0.247. The summed E-state index contributed by atoms with van der Waals surface area (Å²) in [5.74, 6) is 0. The minimum Gasteiger partial charge on any atom is -0.310 e. The molecule has 0 unspecified atom stereocenters. The lowest BCUT2D eigenvalue weighted by Crippen LogP contribution is -2.74. The highest BCUT2D eigenvalue weighted by Gasteiger charge is 2.31. The van der Waals surface area contributed by atoms with Crippen LogP contribution in [0, 0.1) is 0 Å². The van der Waals surface area contributed by atoms with Gasteiger partial charge in [0.2, 0.25) is 0 Å². The van der Waals surface area contributed by atoms with E-state index in [1.54, 1.807) is 5.57 Å². The number of nitrogens with zero attached hydrogens (tertiary/aromatic N) is 1. The van der Waals surface area contributed by atoms with Crippen molar-refractivity contribution in [3.8, 4) is 0 Å². The molecule has 0 aromatic heterocycles. The predicted octanol–water partition coefficient (Wildman–Crippen LogP) is 7.63. The second-order valence-electron chi connectivity index (χ2n) is 12.2. The van der Waals surface area contributed by atoms with Crippen LogP contribution in [0.15, 0.2) is 138 Å². The van der Waals surface area contributed by atoms with Gasteiger partial charge in [0.1, 0.15) is 6.15 Å². The van der Waals surface area contributed by atoms with E-state index in [0.29, 0.717) is 0 Å². The fourth-order valence-corrected chi connectivity index (χ4v) is 7.04. The Bertz CT molecular complexity index is 1200. The minimum atomic E-state index is -1.22. The van der Waals surface area contributed by atoms with Crippen molar-refractivity contribution in [3.63, 3.8) is 0 Å². The lowest BCUT2D eigenvalue weighted by Gasteiger charge is -2.44. The van der Waals surface area contributed by atoms with Gasteiger partial charge in [0.15, 0.2) is 0 Å². The zero-order valence-corrected chi connectivity index (χ0v) is 25.8. The van der Waals surface area contributed by atoms with Gasteiger partial charge in [-0.15, -0.1) is 0 Å². The van der Waals surface area contributed by atoms with Crippen molar-refractivity contribution < 1.29 is 0 Å². The van der Waals surface area contributed by atoms with Gasteiger partial charge in [0.05, 0.1) is 5.71 Å². The molecule has 1 heterocycles. The van der Waals surface area contributed by atoms with E-state index < -0.39 is 6.15 Å². The lowest BCUT2D eigenvalue weighted by molar-refractivity contribution is 0.623. The summed E-state index contributed by atoms with van der Waals surface area (Å²) in [4.78, 5) is 0. The van der Waals surface area contributed by atoms with Crippen LogP contribution in [0.2, 0.25) is 0 Å². The van der Waals surface area contributed by atoms with Crippen LogP contribution < -0.4 is 27.3 Å². The molecule has 0 radical (unpaired) electrons. The average molecular weight is 568 g/mol. The third-order valence-corrected chi connectivity index (χ3v) is 9.28. The number of rotatable bonds is 5. The summed E-state index contributed by atoms with van der Waals surface area (Å²) in [5.41, 5.74) is 11.5. The fourth-order valence-electron chi connectivity index (χ4n) is 7.04. The van der Waals surface area contributed by atoms with Crippen molar-refractivity contribution >= 4 is 33.7 Å². The van der Waals surface area contributed by atoms with Gasteiger partial charge in [-0.05, 0) is 50.5 Å². The van der Waals surface area contributed by atoms with Gasteiger partial charge in [-0.1, -0.05) is 160 Å². The molecule has 6 rings (SSSR count). The number of hydrogen-bond acceptors (Lipinski definition) is 2. The molecule has 222 valence electrons. The van der Waals surface area contributed by atoms with E-state index in [4.69, 9.17) is 0 Å². The molecule has 0 saturated carbocycles. The Morgan fingerprint density at radius 1 is 0.442 bits per heavy atom. The SMILES string of the molecule is C1=C(C2=NNCCCCCC2)CCCCCCC1.c1ccc([B-](c2ccccc2)(c2ccccc2)c2ccccc2)cc1. The maximum Gasteiger partial charge on any atom is 0.108 e. The molecule has 0 saturated heterocycles. The van der Waals surface area contributed by atoms with E-state index in [2.05, 4.69) is 138 Å². The van der Waals surface area contributed by atoms with Gasteiger partial charge in [-0.25, -0.2) is 0 Å². The second-order valence-corrected chi connectivity index (χ2v) is 12.2. The summed E-state index contributed by atoms with van der Waals surface area (Å²) in [5, 5.41) is 4.67. The van der Waals surface area contributed by atoms with Crippen molar-refractivity contribution in [3.05, 3.63) is 133 Å². The van der Waals surface area contributed by atoms with Crippen LogP contribution in [0.5, 0.6) is 0 Å². The van der Waals surface area contributed by atoms with Crippen molar-refractivity contribution in [1.82, 2.24) is 5.43 Å². The standard InChI is InChI=1S/C24H20B.C16H28N2/c1-5-13-21(14-6-1)25(22-15-7-2-8-16-22,23-17-9-3-10-18-23)24-19-11-4-12-20-24;1-2-4-8-12-15(11-7-3-1)16-13-9-5-6-10-14-17-18-16/h1-20H;11,17H,1-10,12-14H2/q-1;. The summed E-state index contributed by atoms with van der Waals surface area (Å²) >= 11 is 0. The summed E-state index contributed by atoms with van der Waals surface area (Å²) in [6.45, 7) is 1.05. The average Bonchev–Trinajstić information content (AvgIpc) is 3.31. The molecule has 4 aromatic carbocycles. The molecule has 2 nitrogen and oxygen atoms in total. The summed E-state index contributed by atoms with van der Waals surface area (Å²) in [7, 11) is 0. The first-order chi connectivity index (χ1) is 21.4. The smallest absolute Gasteiger partial charge is 0.108 e. The number of allylic oxidation sites excluding steroid dienone is 2. The highest BCUT2D eigenvalue weighted by Crippen LogP contribution is 2.21. The molecule has 43 heavy (non-hydrogen) atoms. The lowest BCUT2D eigenvalue weighted by atomic mass is 9.13. The van der Waals surface area contributed by atoms with Crippen LogP contribution in [-0.2, 0) is 0 Å². The Kier molecular flexibility index (Phi) is 11.9. The normalized spacial score (nSPS) is 16.6. The van der Waals surface area contributed by atoms with E-state index in [9.17, 15) is 0 Å². The molecule has 1 aliphatic carbocycles. The van der Waals surface area contributed by atoms with Gasteiger partial charge in [0, 0.05) is 6.54 Å². The third-order valence-electron chi connectivity index (χ3n) is 9.28. The first-order valence-electron chi connectivity index (χ1n) is 16.8. The van der Waals surface area contributed by atoms with Crippen molar-refractivity contribution in [2.24, 2.45) is 5.10 Å². The second kappa shape index (κ2) is 16.7. The zero-order chi connectivity index (χ0) is 29.4. The molecule has 0 atom stereocenters.